The average molecular weight is 402 g/mol. The number of fused-ring (bicyclic) bond motifs is 1. The molecule has 150 valence electrons. The monoisotopic (exact) mass is 402 g/mol. The number of amides is 1. The molecule has 0 saturated heterocycles. The molecule has 4 rings (SSSR count). The maximum Gasteiger partial charge on any atom is 0.360 e. The number of aromatic nitrogens is 1. The Morgan fingerprint density at radius 3 is 2.63 bits per heavy atom. The molecule has 0 fully saturated rings. The fourth-order valence-electron chi connectivity index (χ4n) is 2.91. The minimum absolute atomic E-state index is 0.0244. The van der Waals surface area contributed by atoms with E-state index in [1.807, 2.05) is 30.3 Å². The molecular weight excluding hydrogens is 384 g/mol. The number of carbonyl (C=O) groups excluding carboxylic acids is 1. The van der Waals surface area contributed by atoms with Crippen LogP contribution in [0.5, 0.6) is 11.5 Å². The van der Waals surface area contributed by atoms with Crippen LogP contribution in [0.25, 0.3) is 11.0 Å². The van der Waals surface area contributed by atoms with E-state index in [4.69, 9.17) is 13.9 Å². The molecule has 2 aromatic carbocycles. The lowest BCUT2D eigenvalue weighted by Gasteiger charge is -2.12. The lowest BCUT2D eigenvalue weighted by atomic mass is 10.2. The highest BCUT2D eigenvalue weighted by Crippen LogP contribution is 2.33. The fraction of sp³-hybridized carbons (Fsp3) is 0.0870. The molecule has 0 aliphatic carbocycles. The topological polar surface area (TPSA) is 90.7 Å². The normalized spacial score (nSPS) is 10.6. The van der Waals surface area contributed by atoms with E-state index in [0.717, 1.165) is 5.56 Å². The first-order chi connectivity index (χ1) is 14.6. The van der Waals surface area contributed by atoms with Crippen LogP contribution >= 0.6 is 0 Å². The highest BCUT2D eigenvalue weighted by molar-refractivity contribution is 6.04. The number of rotatable bonds is 6. The standard InChI is InChI=1S/C23H18N2O5/c1-28-20-11-17-10-18(25-22(26)16-8-5-9-24-13-16)23(27)30-19(17)12-21(20)29-14-15-6-3-2-4-7-15/h2-13H,14H2,1H3,(H,25,26). The van der Waals surface area contributed by atoms with Crippen LogP contribution in [0, 0.1) is 0 Å². The second-order valence-electron chi connectivity index (χ2n) is 6.46. The maximum atomic E-state index is 12.4. The number of nitrogens with one attached hydrogen (secondary N) is 1. The molecule has 0 bridgehead atoms. The molecule has 2 aromatic heterocycles. The number of hydrogen-bond donors (Lipinski definition) is 1. The zero-order chi connectivity index (χ0) is 20.9. The van der Waals surface area contributed by atoms with E-state index in [9.17, 15) is 9.59 Å². The summed E-state index contributed by atoms with van der Waals surface area (Å²) in [6.45, 7) is 0.339. The average Bonchev–Trinajstić information content (AvgIpc) is 2.79. The Bertz CT molecular complexity index is 1240. The van der Waals surface area contributed by atoms with Crippen molar-refractivity contribution < 1.29 is 18.7 Å². The van der Waals surface area contributed by atoms with Crippen LogP contribution in [0.3, 0.4) is 0 Å². The van der Waals surface area contributed by atoms with Gasteiger partial charge in [-0.05, 0) is 29.8 Å². The lowest BCUT2D eigenvalue weighted by Crippen LogP contribution is -2.17. The first-order valence-electron chi connectivity index (χ1n) is 9.18. The third-order valence-electron chi connectivity index (χ3n) is 4.43. The van der Waals surface area contributed by atoms with Crippen LogP contribution in [0.15, 0.2) is 82.3 Å². The van der Waals surface area contributed by atoms with Crippen molar-refractivity contribution in [3.05, 3.63) is 94.6 Å². The summed E-state index contributed by atoms with van der Waals surface area (Å²) >= 11 is 0. The zero-order valence-corrected chi connectivity index (χ0v) is 16.1. The Morgan fingerprint density at radius 1 is 1.07 bits per heavy atom. The molecule has 0 atom stereocenters. The van der Waals surface area contributed by atoms with E-state index >= 15 is 0 Å². The van der Waals surface area contributed by atoms with Crippen molar-refractivity contribution in [1.82, 2.24) is 4.98 Å². The van der Waals surface area contributed by atoms with E-state index in [1.165, 1.54) is 13.3 Å². The van der Waals surface area contributed by atoms with Crippen LogP contribution in [0.1, 0.15) is 15.9 Å². The van der Waals surface area contributed by atoms with Gasteiger partial charge in [0.05, 0.1) is 12.7 Å². The molecule has 2 heterocycles. The van der Waals surface area contributed by atoms with Crippen LogP contribution in [-0.2, 0) is 6.61 Å². The number of carbonyl (C=O) groups is 1. The Morgan fingerprint density at radius 2 is 1.90 bits per heavy atom. The first-order valence-corrected chi connectivity index (χ1v) is 9.18. The minimum atomic E-state index is -0.668. The van der Waals surface area contributed by atoms with Gasteiger partial charge in [-0.15, -0.1) is 0 Å². The lowest BCUT2D eigenvalue weighted by molar-refractivity contribution is 0.102. The number of hydrogen-bond acceptors (Lipinski definition) is 6. The molecule has 30 heavy (non-hydrogen) atoms. The highest BCUT2D eigenvalue weighted by Gasteiger charge is 2.14. The van der Waals surface area contributed by atoms with E-state index in [-0.39, 0.29) is 5.69 Å². The van der Waals surface area contributed by atoms with Crippen molar-refractivity contribution >= 4 is 22.6 Å². The number of anilines is 1. The van der Waals surface area contributed by atoms with Crippen LogP contribution < -0.4 is 20.4 Å². The second kappa shape index (κ2) is 8.48. The van der Waals surface area contributed by atoms with Gasteiger partial charge in [0.2, 0.25) is 0 Å². The van der Waals surface area contributed by atoms with Crippen LogP contribution in [0.4, 0.5) is 5.69 Å². The van der Waals surface area contributed by atoms with Gasteiger partial charge in [0, 0.05) is 23.8 Å². The molecule has 0 saturated carbocycles. The van der Waals surface area contributed by atoms with Crippen molar-refractivity contribution in [3.8, 4) is 11.5 Å². The van der Waals surface area contributed by atoms with Crippen LogP contribution in [-0.4, -0.2) is 18.0 Å². The SMILES string of the molecule is COc1cc2cc(NC(=O)c3cccnc3)c(=O)oc2cc1OCc1ccccc1. The van der Waals surface area contributed by atoms with E-state index in [0.29, 0.717) is 34.6 Å². The molecule has 7 heteroatoms. The molecule has 1 N–H and O–H groups in total. The predicted octanol–water partition coefficient (Wildman–Crippen LogP) is 4.03. The quantitative estimate of drug-likeness (QED) is 0.490. The summed E-state index contributed by atoms with van der Waals surface area (Å²) in [6.07, 6.45) is 2.97. The molecule has 0 spiro atoms. The largest absolute Gasteiger partial charge is 0.493 e. The first kappa shape index (κ1) is 19.2. The maximum absolute atomic E-state index is 12.4. The van der Waals surface area contributed by atoms with Crippen molar-refractivity contribution in [3.63, 3.8) is 0 Å². The molecule has 4 aromatic rings. The Hall–Kier alpha value is -4.13. The fourth-order valence-corrected chi connectivity index (χ4v) is 2.91. The van der Waals surface area contributed by atoms with Gasteiger partial charge in [-0.2, -0.15) is 0 Å². The molecule has 1 amide bonds. The smallest absolute Gasteiger partial charge is 0.360 e. The van der Waals surface area contributed by atoms with Gasteiger partial charge in [-0.1, -0.05) is 30.3 Å². The summed E-state index contributed by atoms with van der Waals surface area (Å²) in [5.74, 6) is 0.477. The Labute approximate surface area is 171 Å². The summed E-state index contributed by atoms with van der Waals surface area (Å²) < 4.78 is 16.7. The molecular formula is C23H18N2O5. The summed E-state index contributed by atoms with van der Waals surface area (Å²) in [6, 6.07) is 17.8. The van der Waals surface area contributed by atoms with Gasteiger partial charge in [0.15, 0.2) is 11.5 Å². The number of methoxy groups -OCH3 is 1. The highest BCUT2D eigenvalue weighted by atomic mass is 16.5. The van der Waals surface area contributed by atoms with Gasteiger partial charge in [-0.25, -0.2) is 4.79 Å². The number of ether oxygens (including phenoxy) is 2. The molecule has 0 aliphatic rings. The number of benzene rings is 2. The van der Waals surface area contributed by atoms with Gasteiger partial charge >= 0.3 is 5.63 Å². The Balaban J connectivity index is 1.62. The molecule has 0 radical (unpaired) electrons. The molecule has 0 unspecified atom stereocenters. The van der Waals surface area contributed by atoms with Gasteiger partial charge < -0.3 is 19.2 Å². The van der Waals surface area contributed by atoms with E-state index in [2.05, 4.69) is 10.3 Å². The van der Waals surface area contributed by atoms with Crippen molar-refractivity contribution in [2.45, 2.75) is 6.61 Å². The van der Waals surface area contributed by atoms with Crippen molar-refractivity contribution in [1.29, 1.82) is 0 Å². The van der Waals surface area contributed by atoms with Crippen molar-refractivity contribution in [2.75, 3.05) is 12.4 Å². The van der Waals surface area contributed by atoms with Gasteiger partial charge in [-0.3, -0.25) is 9.78 Å². The second-order valence-corrected chi connectivity index (χ2v) is 6.46. The molecule has 7 nitrogen and oxygen atoms in total. The van der Waals surface area contributed by atoms with Gasteiger partial charge in [0.1, 0.15) is 17.9 Å². The van der Waals surface area contributed by atoms with Gasteiger partial charge in [0.25, 0.3) is 5.91 Å². The number of pyridine rings is 1. The molecule has 0 aliphatic heterocycles. The summed E-state index contributed by atoms with van der Waals surface area (Å²) in [4.78, 5) is 28.6. The zero-order valence-electron chi connectivity index (χ0n) is 16.1. The van der Waals surface area contributed by atoms with E-state index < -0.39 is 11.5 Å². The summed E-state index contributed by atoms with van der Waals surface area (Å²) in [5, 5.41) is 3.14. The van der Waals surface area contributed by atoms with Crippen LogP contribution in [0.2, 0.25) is 0 Å². The number of nitrogens with zero attached hydrogens (tertiary/aromatic N) is 1. The van der Waals surface area contributed by atoms with Crippen molar-refractivity contribution in [2.24, 2.45) is 0 Å². The summed E-state index contributed by atoms with van der Waals surface area (Å²) in [7, 11) is 1.53. The Kier molecular flexibility index (Phi) is 5.43. The minimum Gasteiger partial charge on any atom is -0.493 e. The third-order valence-corrected chi connectivity index (χ3v) is 4.43. The summed E-state index contributed by atoms with van der Waals surface area (Å²) in [5.41, 5.74) is 1.01. The predicted molar refractivity (Wildman–Crippen MR) is 112 cm³/mol. The van der Waals surface area contributed by atoms with E-state index in [1.54, 1.807) is 36.5 Å². The third kappa shape index (κ3) is 4.15.